The molecule has 0 saturated carbocycles. The molecule has 1 aliphatic rings. The monoisotopic (exact) mass is 380 g/mol. The Labute approximate surface area is 160 Å². The van der Waals surface area contributed by atoms with E-state index in [2.05, 4.69) is 20.6 Å². The number of aryl methyl sites for hydroxylation is 1. The highest BCUT2D eigenvalue weighted by molar-refractivity contribution is 6.03. The van der Waals surface area contributed by atoms with Crippen molar-refractivity contribution >= 4 is 23.1 Å². The van der Waals surface area contributed by atoms with E-state index in [0.29, 0.717) is 42.0 Å². The summed E-state index contributed by atoms with van der Waals surface area (Å²) in [5, 5.41) is 5.76. The Morgan fingerprint density at radius 2 is 1.82 bits per heavy atom. The minimum Gasteiger partial charge on any atom is -0.486 e. The second kappa shape index (κ2) is 7.51. The van der Waals surface area contributed by atoms with Gasteiger partial charge in [0.2, 0.25) is 0 Å². The number of hydrogen-bond donors (Lipinski definition) is 2. The standard InChI is InChI=1S/C20H17FN4O3/c1-12-22-16(20(26)25-14-4-2-3-13(21)9-14)11-19(23-12)24-15-5-6-17-18(10-15)28-8-7-27-17/h2-6,9-11H,7-8H2,1H3,(H,25,26)(H,22,23,24). The summed E-state index contributed by atoms with van der Waals surface area (Å²) in [4.78, 5) is 21.0. The molecule has 4 rings (SSSR count). The van der Waals surface area contributed by atoms with Gasteiger partial charge in [0.1, 0.15) is 36.4 Å². The number of nitrogens with zero attached hydrogens (tertiary/aromatic N) is 2. The third kappa shape index (κ3) is 4.01. The number of halogens is 1. The Kier molecular flexibility index (Phi) is 4.76. The van der Waals surface area contributed by atoms with Gasteiger partial charge in [0.15, 0.2) is 11.5 Å². The van der Waals surface area contributed by atoms with Crippen molar-refractivity contribution < 1.29 is 18.7 Å². The van der Waals surface area contributed by atoms with E-state index in [4.69, 9.17) is 9.47 Å². The number of amides is 1. The maximum absolute atomic E-state index is 13.3. The topological polar surface area (TPSA) is 85.4 Å². The van der Waals surface area contributed by atoms with Crippen molar-refractivity contribution in [3.8, 4) is 11.5 Å². The van der Waals surface area contributed by atoms with Crippen molar-refractivity contribution in [2.24, 2.45) is 0 Å². The summed E-state index contributed by atoms with van der Waals surface area (Å²) in [6.45, 7) is 2.70. The molecule has 1 amide bonds. The van der Waals surface area contributed by atoms with Crippen LogP contribution in [0.3, 0.4) is 0 Å². The van der Waals surface area contributed by atoms with Gasteiger partial charge in [0.05, 0.1) is 0 Å². The predicted molar refractivity (Wildman–Crippen MR) is 102 cm³/mol. The van der Waals surface area contributed by atoms with Crippen LogP contribution in [0.2, 0.25) is 0 Å². The normalized spacial score (nSPS) is 12.4. The Morgan fingerprint density at radius 1 is 1.00 bits per heavy atom. The molecule has 0 unspecified atom stereocenters. The van der Waals surface area contributed by atoms with E-state index in [9.17, 15) is 9.18 Å². The van der Waals surface area contributed by atoms with Gasteiger partial charge >= 0.3 is 0 Å². The zero-order chi connectivity index (χ0) is 19.5. The average molecular weight is 380 g/mol. The van der Waals surface area contributed by atoms with Crippen LogP contribution in [0, 0.1) is 12.7 Å². The number of rotatable bonds is 4. The van der Waals surface area contributed by atoms with E-state index in [0.717, 1.165) is 5.69 Å². The van der Waals surface area contributed by atoms with Gasteiger partial charge in [-0.2, -0.15) is 0 Å². The van der Waals surface area contributed by atoms with Crippen LogP contribution in [-0.4, -0.2) is 29.1 Å². The molecule has 1 aromatic heterocycles. The lowest BCUT2D eigenvalue weighted by Crippen LogP contribution is -2.16. The highest BCUT2D eigenvalue weighted by Gasteiger charge is 2.14. The van der Waals surface area contributed by atoms with Crippen molar-refractivity contribution in [1.82, 2.24) is 9.97 Å². The first-order chi connectivity index (χ1) is 13.6. The summed E-state index contributed by atoms with van der Waals surface area (Å²) in [6, 6.07) is 12.6. The van der Waals surface area contributed by atoms with Crippen LogP contribution in [0.25, 0.3) is 0 Å². The van der Waals surface area contributed by atoms with Gasteiger partial charge in [-0.25, -0.2) is 14.4 Å². The number of carbonyl (C=O) groups is 1. The van der Waals surface area contributed by atoms with Gasteiger partial charge in [-0.05, 0) is 37.3 Å². The third-order valence-corrected chi connectivity index (χ3v) is 3.97. The molecule has 2 aromatic carbocycles. The number of nitrogens with one attached hydrogen (secondary N) is 2. The molecule has 2 heterocycles. The number of ether oxygens (including phenoxy) is 2. The molecule has 0 atom stereocenters. The first-order valence-electron chi connectivity index (χ1n) is 8.66. The Balaban J connectivity index is 1.54. The van der Waals surface area contributed by atoms with Gasteiger partial charge in [-0.3, -0.25) is 4.79 Å². The van der Waals surface area contributed by atoms with Gasteiger partial charge in [-0.15, -0.1) is 0 Å². The van der Waals surface area contributed by atoms with E-state index >= 15 is 0 Å². The fraction of sp³-hybridized carbons (Fsp3) is 0.150. The Bertz CT molecular complexity index is 1040. The molecule has 0 aliphatic carbocycles. The quantitative estimate of drug-likeness (QED) is 0.718. The lowest BCUT2D eigenvalue weighted by Gasteiger charge is -2.19. The summed E-state index contributed by atoms with van der Waals surface area (Å²) in [5.41, 5.74) is 1.25. The van der Waals surface area contributed by atoms with Crippen molar-refractivity contribution in [2.75, 3.05) is 23.8 Å². The number of carbonyl (C=O) groups excluding carboxylic acids is 1. The smallest absolute Gasteiger partial charge is 0.274 e. The molecule has 1 aliphatic heterocycles. The maximum Gasteiger partial charge on any atom is 0.274 e. The molecule has 2 N–H and O–H groups in total. The van der Waals surface area contributed by atoms with Gasteiger partial charge in [-0.1, -0.05) is 6.07 Å². The molecule has 0 radical (unpaired) electrons. The van der Waals surface area contributed by atoms with Crippen LogP contribution >= 0.6 is 0 Å². The van der Waals surface area contributed by atoms with Crippen LogP contribution in [-0.2, 0) is 0 Å². The van der Waals surface area contributed by atoms with Gasteiger partial charge in [0.25, 0.3) is 5.91 Å². The SMILES string of the molecule is Cc1nc(Nc2ccc3c(c2)OCCO3)cc(C(=O)Nc2cccc(F)c2)n1. The lowest BCUT2D eigenvalue weighted by atomic mass is 10.2. The lowest BCUT2D eigenvalue weighted by molar-refractivity contribution is 0.102. The molecular weight excluding hydrogens is 363 g/mol. The molecular formula is C20H17FN4O3. The Morgan fingerprint density at radius 3 is 2.64 bits per heavy atom. The minimum atomic E-state index is -0.457. The van der Waals surface area contributed by atoms with E-state index in [-0.39, 0.29) is 5.69 Å². The highest BCUT2D eigenvalue weighted by atomic mass is 19.1. The number of benzene rings is 2. The Hall–Kier alpha value is -3.68. The van der Waals surface area contributed by atoms with Gasteiger partial charge < -0.3 is 20.1 Å². The van der Waals surface area contributed by atoms with Crippen molar-refractivity contribution in [2.45, 2.75) is 6.92 Å². The zero-order valence-electron chi connectivity index (χ0n) is 15.0. The molecule has 0 bridgehead atoms. The van der Waals surface area contributed by atoms with E-state index in [1.54, 1.807) is 19.1 Å². The molecule has 3 aromatic rings. The summed E-state index contributed by atoms with van der Waals surface area (Å²) in [7, 11) is 0. The highest BCUT2D eigenvalue weighted by Crippen LogP contribution is 2.33. The molecule has 142 valence electrons. The molecule has 0 spiro atoms. The fourth-order valence-electron chi connectivity index (χ4n) is 2.78. The first kappa shape index (κ1) is 17.7. The van der Waals surface area contributed by atoms with Crippen LogP contribution in [0.5, 0.6) is 11.5 Å². The predicted octanol–water partition coefficient (Wildman–Crippen LogP) is 3.69. The minimum absolute atomic E-state index is 0.164. The van der Waals surface area contributed by atoms with Crippen molar-refractivity contribution in [3.63, 3.8) is 0 Å². The van der Waals surface area contributed by atoms with E-state index in [1.807, 2.05) is 12.1 Å². The second-order valence-electron chi connectivity index (χ2n) is 6.13. The maximum atomic E-state index is 13.3. The summed E-state index contributed by atoms with van der Waals surface area (Å²) in [6.07, 6.45) is 0. The average Bonchev–Trinajstić information content (AvgIpc) is 2.67. The number of hydrogen-bond acceptors (Lipinski definition) is 6. The van der Waals surface area contributed by atoms with E-state index in [1.165, 1.54) is 24.3 Å². The van der Waals surface area contributed by atoms with Crippen molar-refractivity contribution in [1.29, 1.82) is 0 Å². The largest absolute Gasteiger partial charge is 0.486 e. The first-order valence-corrected chi connectivity index (χ1v) is 8.66. The van der Waals surface area contributed by atoms with Gasteiger partial charge in [0, 0.05) is 23.5 Å². The summed E-state index contributed by atoms with van der Waals surface area (Å²) < 4.78 is 24.4. The number of fused-ring (bicyclic) bond motifs is 1. The fourth-order valence-corrected chi connectivity index (χ4v) is 2.78. The number of anilines is 3. The zero-order valence-corrected chi connectivity index (χ0v) is 15.0. The number of aromatic nitrogens is 2. The molecule has 28 heavy (non-hydrogen) atoms. The molecule has 0 fully saturated rings. The van der Waals surface area contributed by atoms with Crippen LogP contribution in [0.15, 0.2) is 48.5 Å². The van der Waals surface area contributed by atoms with E-state index < -0.39 is 11.7 Å². The molecule has 8 heteroatoms. The molecule has 7 nitrogen and oxygen atoms in total. The van der Waals surface area contributed by atoms with Crippen LogP contribution in [0.1, 0.15) is 16.3 Å². The second-order valence-corrected chi connectivity index (χ2v) is 6.13. The third-order valence-electron chi connectivity index (χ3n) is 3.97. The van der Waals surface area contributed by atoms with Crippen molar-refractivity contribution in [3.05, 3.63) is 65.9 Å². The van der Waals surface area contributed by atoms with Crippen LogP contribution in [0.4, 0.5) is 21.6 Å². The summed E-state index contributed by atoms with van der Waals surface area (Å²) >= 11 is 0. The molecule has 0 saturated heterocycles. The van der Waals surface area contributed by atoms with Crippen LogP contribution < -0.4 is 20.1 Å². The summed E-state index contributed by atoms with van der Waals surface area (Å²) in [5.74, 6) is 1.32.